The van der Waals surface area contributed by atoms with Gasteiger partial charge in [-0.3, -0.25) is 4.79 Å². The molecule has 0 radical (unpaired) electrons. The van der Waals surface area contributed by atoms with Gasteiger partial charge in [0.05, 0.1) is 20.8 Å². The maximum Gasteiger partial charge on any atom is 0.262 e. The van der Waals surface area contributed by atoms with E-state index in [-0.39, 0.29) is 12.5 Å². The molecule has 0 atom stereocenters. The van der Waals surface area contributed by atoms with Crippen LogP contribution in [0.1, 0.15) is 0 Å². The molecule has 0 fully saturated rings. The zero-order chi connectivity index (χ0) is 14.5. The number of amides is 1. The van der Waals surface area contributed by atoms with Crippen molar-refractivity contribution in [3.63, 3.8) is 0 Å². The molecular formula is C14H10Cl3NO2. The Balaban J connectivity index is 1.92. The van der Waals surface area contributed by atoms with Crippen LogP contribution in [0.3, 0.4) is 0 Å². The van der Waals surface area contributed by atoms with Crippen LogP contribution in [0, 0.1) is 0 Å². The first-order chi connectivity index (χ1) is 9.56. The molecule has 20 heavy (non-hydrogen) atoms. The molecule has 0 bridgehead atoms. The summed E-state index contributed by atoms with van der Waals surface area (Å²) in [5.41, 5.74) is 0.539. The third kappa shape index (κ3) is 4.04. The summed E-state index contributed by atoms with van der Waals surface area (Å²) in [6, 6.07) is 11.7. The van der Waals surface area contributed by atoms with Crippen molar-refractivity contribution in [1.82, 2.24) is 0 Å². The van der Waals surface area contributed by atoms with Crippen molar-refractivity contribution in [3.8, 4) is 5.75 Å². The summed E-state index contributed by atoms with van der Waals surface area (Å²) in [6.45, 7) is -0.150. The van der Waals surface area contributed by atoms with E-state index in [4.69, 9.17) is 39.5 Å². The van der Waals surface area contributed by atoms with Gasteiger partial charge in [0.25, 0.3) is 5.91 Å². The molecule has 0 unspecified atom stereocenters. The molecule has 0 saturated heterocycles. The molecule has 0 aliphatic heterocycles. The molecule has 1 N–H and O–H groups in total. The minimum Gasteiger partial charge on any atom is -0.484 e. The number of para-hydroxylation sites is 1. The van der Waals surface area contributed by atoms with Crippen molar-refractivity contribution >= 4 is 46.4 Å². The van der Waals surface area contributed by atoms with Crippen molar-refractivity contribution in [2.45, 2.75) is 0 Å². The Morgan fingerprint density at radius 3 is 2.45 bits per heavy atom. The molecular weight excluding hydrogens is 321 g/mol. The lowest BCUT2D eigenvalue weighted by atomic mass is 10.3. The maximum absolute atomic E-state index is 11.7. The first-order valence-corrected chi connectivity index (χ1v) is 6.82. The summed E-state index contributed by atoms with van der Waals surface area (Å²) in [4.78, 5) is 11.7. The van der Waals surface area contributed by atoms with E-state index in [1.807, 2.05) is 0 Å². The predicted molar refractivity (Wildman–Crippen MR) is 82.0 cm³/mol. The van der Waals surface area contributed by atoms with Crippen LogP contribution in [0.5, 0.6) is 5.75 Å². The SMILES string of the molecule is O=C(COc1ccc(Cl)c(Cl)c1)Nc1ccccc1Cl. The molecule has 0 heterocycles. The van der Waals surface area contributed by atoms with E-state index < -0.39 is 0 Å². The minimum absolute atomic E-state index is 0.150. The highest BCUT2D eigenvalue weighted by Crippen LogP contribution is 2.26. The Hall–Kier alpha value is -1.42. The number of nitrogens with one attached hydrogen (secondary N) is 1. The normalized spacial score (nSPS) is 10.2. The smallest absolute Gasteiger partial charge is 0.262 e. The predicted octanol–water partition coefficient (Wildman–Crippen LogP) is 4.66. The summed E-state index contributed by atoms with van der Waals surface area (Å²) >= 11 is 17.6. The molecule has 104 valence electrons. The maximum atomic E-state index is 11.7. The van der Waals surface area contributed by atoms with Gasteiger partial charge in [-0.05, 0) is 24.3 Å². The summed E-state index contributed by atoms with van der Waals surface area (Å²) in [7, 11) is 0. The van der Waals surface area contributed by atoms with Crippen LogP contribution in [-0.4, -0.2) is 12.5 Å². The number of carbonyl (C=O) groups excluding carboxylic acids is 1. The van der Waals surface area contributed by atoms with E-state index >= 15 is 0 Å². The number of rotatable bonds is 4. The van der Waals surface area contributed by atoms with E-state index in [1.165, 1.54) is 0 Å². The van der Waals surface area contributed by atoms with Crippen LogP contribution in [0.2, 0.25) is 15.1 Å². The number of ether oxygens (including phenoxy) is 1. The van der Waals surface area contributed by atoms with Crippen molar-refractivity contribution in [3.05, 3.63) is 57.5 Å². The van der Waals surface area contributed by atoms with E-state index in [2.05, 4.69) is 5.32 Å². The monoisotopic (exact) mass is 329 g/mol. The van der Waals surface area contributed by atoms with Gasteiger partial charge in [-0.2, -0.15) is 0 Å². The van der Waals surface area contributed by atoms with E-state index in [1.54, 1.807) is 42.5 Å². The largest absolute Gasteiger partial charge is 0.484 e. The Morgan fingerprint density at radius 2 is 1.75 bits per heavy atom. The molecule has 3 nitrogen and oxygen atoms in total. The highest BCUT2D eigenvalue weighted by molar-refractivity contribution is 6.42. The first kappa shape index (κ1) is 15.0. The highest BCUT2D eigenvalue weighted by atomic mass is 35.5. The lowest BCUT2D eigenvalue weighted by Crippen LogP contribution is -2.20. The van der Waals surface area contributed by atoms with Crippen molar-refractivity contribution in [1.29, 1.82) is 0 Å². The van der Waals surface area contributed by atoms with E-state index in [9.17, 15) is 4.79 Å². The lowest BCUT2D eigenvalue weighted by molar-refractivity contribution is -0.118. The number of hydrogen-bond acceptors (Lipinski definition) is 2. The zero-order valence-corrected chi connectivity index (χ0v) is 12.5. The molecule has 2 aromatic rings. The van der Waals surface area contributed by atoms with Gasteiger partial charge >= 0.3 is 0 Å². The van der Waals surface area contributed by atoms with Gasteiger partial charge in [0.15, 0.2) is 6.61 Å². The molecule has 0 aliphatic rings. The molecule has 6 heteroatoms. The second-order valence-electron chi connectivity index (χ2n) is 3.89. The fraction of sp³-hybridized carbons (Fsp3) is 0.0714. The minimum atomic E-state index is -0.316. The van der Waals surface area contributed by atoms with E-state index in [0.29, 0.717) is 26.5 Å². The number of halogens is 3. The van der Waals surface area contributed by atoms with Crippen LogP contribution in [-0.2, 0) is 4.79 Å². The molecule has 2 rings (SSSR count). The molecule has 2 aromatic carbocycles. The third-order valence-electron chi connectivity index (χ3n) is 2.41. The van der Waals surface area contributed by atoms with Gasteiger partial charge < -0.3 is 10.1 Å². The van der Waals surface area contributed by atoms with Gasteiger partial charge in [0, 0.05) is 6.07 Å². The standard InChI is InChI=1S/C14H10Cl3NO2/c15-10-6-5-9(7-12(10)17)20-8-14(19)18-13-4-2-1-3-11(13)16/h1-7H,8H2,(H,18,19). The fourth-order valence-electron chi connectivity index (χ4n) is 1.46. The van der Waals surface area contributed by atoms with Crippen LogP contribution in [0.25, 0.3) is 0 Å². The first-order valence-electron chi connectivity index (χ1n) is 5.68. The Labute approximate surface area is 131 Å². The van der Waals surface area contributed by atoms with Crippen LogP contribution >= 0.6 is 34.8 Å². The average Bonchev–Trinajstić information content (AvgIpc) is 2.43. The topological polar surface area (TPSA) is 38.3 Å². The lowest BCUT2D eigenvalue weighted by Gasteiger charge is -2.09. The highest BCUT2D eigenvalue weighted by Gasteiger charge is 2.07. The van der Waals surface area contributed by atoms with Crippen molar-refractivity contribution in [2.75, 3.05) is 11.9 Å². The molecule has 0 spiro atoms. The van der Waals surface area contributed by atoms with Gasteiger partial charge in [0.2, 0.25) is 0 Å². The molecule has 0 aromatic heterocycles. The van der Waals surface area contributed by atoms with Crippen molar-refractivity contribution in [2.24, 2.45) is 0 Å². The second kappa shape index (κ2) is 6.84. The van der Waals surface area contributed by atoms with Crippen LogP contribution in [0.15, 0.2) is 42.5 Å². The number of carbonyl (C=O) groups is 1. The van der Waals surface area contributed by atoms with Crippen LogP contribution in [0.4, 0.5) is 5.69 Å². The second-order valence-corrected chi connectivity index (χ2v) is 5.11. The number of anilines is 1. The summed E-state index contributed by atoms with van der Waals surface area (Å²) < 4.78 is 5.32. The Bertz CT molecular complexity index is 632. The molecule has 1 amide bonds. The van der Waals surface area contributed by atoms with Gasteiger partial charge in [-0.15, -0.1) is 0 Å². The van der Waals surface area contributed by atoms with E-state index in [0.717, 1.165) is 0 Å². The molecule has 0 saturated carbocycles. The average molecular weight is 331 g/mol. The van der Waals surface area contributed by atoms with Gasteiger partial charge in [-0.1, -0.05) is 46.9 Å². The Morgan fingerprint density at radius 1 is 1.00 bits per heavy atom. The van der Waals surface area contributed by atoms with Gasteiger partial charge in [-0.25, -0.2) is 0 Å². The Kier molecular flexibility index (Phi) is 5.12. The van der Waals surface area contributed by atoms with Crippen LogP contribution < -0.4 is 10.1 Å². The third-order valence-corrected chi connectivity index (χ3v) is 3.48. The number of hydrogen-bond donors (Lipinski definition) is 1. The summed E-state index contributed by atoms with van der Waals surface area (Å²) in [5, 5.41) is 3.92. The quantitative estimate of drug-likeness (QED) is 0.885. The zero-order valence-electron chi connectivity index (χ0n) is 10.2. The molecule has 0 aliphatic carbocycles. The number of benzene rings is 2. The van der Waals surface area contributed by atoms with Crippen molar-refractivity contribution < 1.29 is 9.53 Å². The fourth-order valence-corrected chi connectivity index (χ4v) is 1.94. The summed E-state index contributed by atoms with van der Waals surface area (Å²) in [5.74, 6) is 0.151. The van der Waals surface area contributed by atoms with Gasteiger partial charge in [0.1, 0.15) is 5.75 Å². The summed E-state index contributed by atoms with van der Waals surface area (Å²) in [6.07, 6.45) is 0.